The Morgan fingerprint density at radius 2 is 2.13 bits per heavy atom. The first-order valence-corrected chi connectivity index (χ1v) is 8.12. The number of pyridine rings is 1. The molecule has 0 N–H and O–H groups in total. The quantitative estimate of drug-likeness (QED) is 0.823. The SMILES string of the molecule is C=Cc1cc(Cl)cc(N2CCN(C(=O)OC(C)(C)C)C[C@@H]2C)n1. The van der Waals surface area contributed by atoms with E-state index in [1.807, 2.05) is 26.8 Å². The molecule has 6 heteroatoms. The molecule has 23 heavy (non-hydrogen) atoms. The molecule has 126 valence electrons. The van der Waals surface area contributed by atoms with E-state index in [2.05, 4.69) is 23.4 Å². The van der Waals surface area contributed by atoms with E-state index in [1.165, 1.54) is 0 Å². The number of piperazine rings is 1. The highest BCUT2D eigenvalue weighted by Crippen LogP contribution is 2.24. The number of carbonyl (C=O) groups excluding carboxylic acids is 1. The van der Waals surface area contributed by atoms with E-state index in [-0.39, 0.29) is 12.1 Å². The molecule has 1 amide bonds. The number of amides is 1. The highest BCUT2D eigenvalue weighted by Gasteiger charge is 2.30. The van der Waals surface area contributed by atoms with Crippen molar-refractivity contribution in [2.45, 2.75) is 39.3 Å². The van der Waals surface area contributed by atoms with Gasteiger partial charge in [0, 0.05) is 30.7 Å². The zero-order valence-electron chi connectivity index (χ0n) is 14.2. The summed E-state index contributed by atoms with van der Waals surface area (Å²) in [5, 5.41) is 0.631. The average molecular weight is 338 g/mol. The van der Waals surface area contributed by atoms with Gasteiger partial charge in [-0.2, -0.15) is 0 Å². The lowest BCUT2D eigenvalue weighted by atomic mass is 10.2. The van der Waals surface area contributed by atoms with Crippen LogP contribution in [0.2, 0.25) is 5.02 Å². The highest BCUT2D eigenvalue weighted by molar-refractivity contribution is 6.30. The Labute approximate surface area is 142 Å². The summed E-state index contributed by atoms with van der Waals surface area (Å²) in [7, 11) is 0. The van der Waals surface area contributed by atoms with Crippen molar-refractivity contribution in [3.05, 3.63) is 29.4 Å². The molecule has 1 aliphatic rings. The van der Waals surface area contributed by atoms with Crippen molar-refractivity contribution < 1.29 is 9.53 Å². The molecule has 0 bridgehead atoms. The average Bonchev–Trinajstić information content (AvgIpc) is 2.44. The molecule has 0 radical (unpaired) electrons. The number of aromatic nitrogens is 1. The Morgan fingerprint density at radius 1 is 1.43 bits per heavy atom. The molecule has 0 aromatic carbocycles. The van der Waals surface area contributed by atoms with Crippen LogP contribution in [-0.4, -0.2) is 47.3 Å². The molecule has 1 fully saturated rings. The third kappa shape index (κ3) is 4.61. The minimum atomic E-state index is -0.481. The fraction of sp³-hybridized carbons (Fsp3) is 0.529. The predicted octanol–water partition coefficient (Wildman–Crippen LogP) is 3.82. The number of hydrogen-bond donors (Lipinski definition) is 0. The van der Waals surface area contributed by atoms with Gasteiger partial charge in [0.2, 0.25) is 0 Å². The third-order valence-electron chi connectivity index (χ3n) is 3.58. The van der Waals surface area contributed by atoms with E-state index in [1.54, 1.807) is 17.0 Å². The van der Waals surface area contributed by atoms with Gasteiger partial charge in [-0.1, -0.05) is 18.2 Å². The summed E-state index contributed by atoms with van der Waals surface area (Å²) in [5.74, 6) is 0.809. The highest BCUT2D eigenvalue weighted by atomic mass is 35.5. The van der Waals surface area contributed by atoms with Crippen molar-refractivity contribution in [2.75, 3.05) is 24.5 Å². The van der Waals surface area contributed by atoms with Gasteiger partial charge >= 0.3 is 6.09 Å². The molecule has 5 nitrogen and oxygen atoms in total. The van der Waals surface area contributed by atoms with E-state index in [4.69, 9.17) is 16.3 Å². The fourth-order valence-electron chi connectivity index (χ4n) is 2.55. The van der Waals surface area contributed by atoms with Gasteiger partial charge in [-0.05, 0) is 45.9 Å². The van der Waals surface area contributed by atoms with Gasteiger partial charge in [0.25, 0.3) is 0 Å². The largest absolute Gasteiger partial charge is 0.444 e. The van der Waals surface area contributed by atoms with Crippen LogP contribution in [0.25, 0.3) is 6.08 Å². The third-order valence-corrected chi connectivity index (χ3v) is 3.80. The summed E-state index contributed by atoms with van der Waals surface area (Å²) < 4.78 is 5.44. The lowest BCUT2D eigenvalue weighted by molar-refractivity contribution is 0.0218. The Morgan fingerprint density at radius 3 is 2.70 bits per heavy atom. The maximum atomic E-state index is 12.2. The van der Waals surface area contributed by atoms with Crippen LogP contribution < -0.4 is 4.90 Å². The first-order chi connectivity index (χ1) is 10.7. The van der Waals surface area contributed by atoms with Crippen LogP contribution in [-0.2, 0) is 4.74 Å². The second kappa shape index (κ2) is 6.79. The van der Waals surface area contributed by atoms with E-state index >= 15 is 0 Å². The summed E-state index contributed by atoms with van der Waals surface area (Å²) in [6, 6.07) is 3.74. The molecule has 1 aromatic rings. The lowest BCUT2D eigenvalue weighted by Gasteiger charge is -2.40. The van der Waals surface area contributed by atoms with Crippen molar-refractivity contribution in [1.82, 2.24) is 9.88 Å². The molecule has 0 aliphatic carbocycles. The van der Waals surface area contributed by atoms with Gasteiger partial charge in [-0.3, -0.25) is 0 Å². The standard InChI is InChI=1S/C17H24ClN3O2/c1-6-14-9-13(18)10-15(19-14)21-8-7-20(11-12(21)2)16(22)23-17(3,4)5/h6,9-10,12H,1,7-8,11H2,2-5H3/t12-/m0/s1. The van der Waals surface area contributed by atoms with E-state index in [9.17, 15) is 4.79 Å². The first-order valence-electron chi connectivity index (χ1n) is 7.74. The number of ether oxygens (including phenoxy) is 1. The zero-order chi connectivity index (χ0) is 17.2. The molecule has 0 unspecified atom stereocenters. The Hall–Kier alpha value is -1.75. The van der Waals surface area contributed by atoms with Crippen LogP contribution in [0, 0.1) is 0 Å². The summed E-state index contributed by atoms with van der Waals surface area (Å²) in [4.78, 5) is 20.6. The topological polar surface area (TPSA) is 45.7 Å². The van der Waals surface area contributed by atoms with Gasteiger partial charge in [0.1, 0.15) is 11.4 Å². The zero-order valence-corrected chi connectivity index (χ0v) is 14.9. The molecule has 1 saturated heterocycles. The number of anilines is 1. The van der Waals surface area contributed by atoms with E-state index < -0.39 is 5.60 Å². The monoisotopic (exact) mass is 337 g/mol. The minimum Gasteiger partial charge on any atom is -0.444 e. The van der Waals surface area contributed by atoms with Crippen LogP contribution in [0.1, 0.15) is 33.4 Å². The van der Waals surface area contributed by atoms with Gasteiger partial charge in [-0.25, -0.2) is 9.78 Å². The minimum absolute atomic E-state index is 0.125. The van der Waals surface area contributed by atoms with Gasteiger partial charge in [0.05, 0.1) is 5.69 Å². The van der Waals surface area contributed by atoms with Crippen LogP contribution in [0.3, 0.4) is 0 Å². The molecule has 1 atom stereocenters. The van der Waals surface area contributed by atoms with Gasteiger partial charge in [-0.15, -0.1) is 0 Å². The number of hydrogen-bond acceptors (Lipinski definition) is 4. The van der Waals surface area contributed by atoms with E-state index in [0.717, 1.165) is 11.5 Å². The van der Waals surface area contributed by atoms with Crippen molar-refractivity contribution in [1.29, 1.82) is 0 Å². The number of nitrogens with zero attached hydrogens (tertiary/aromatic N) is 3. The lowest BCUT2D eigenvalue weighted by Crippen LogP contribution is -2.54. The molecule has 1 aliphatic heterocycles. The second-order valence-corrected chi connectivity index (χ2v) is 7.18. The smallest absolute Gasteiger partial charge is 0.410 e. The van der Waals surface area contributed by atoms with E-state index in [0.29, 0.717) is 24.7 Å². The van der Waals surface area contributed by atoms with Crippen LogP contribution in [0.5, 0.6) is 0 Å². The molecule has 2 heterocycles. The maximum absolute atomic E-state index is 12.2. The molecule has 2 rings (SSSR count). The predicted molar refractivity (Wildman–Crippen MR) is 94.0 cm³/mol. The van der Waals surface area contributed by atoms with Gasteiger partial charge in [0.15, 0.2) is 0 Å². The number of rotatable bonds is 2. The van der Waals surface area contributed by atoms with Crippen LogP contribution >= 0.6 is 11.6 Å². The fourth-order valence-corrected chi connectivity index (χ4v) is 2.75. The van der Waals surface area contributed by atoms with Crippen molar-refractivity contribution in [3.63, 3.8) is 0 Å². The Kier molecular flexibility index (Phi) is 5.19. The normalized spacial score (nSPS) is 18.7. The summed E-state index contributed by atoms with van der Waals surface area (Å²) in [6.07, 6.45) is 1.41. The van der Waals surface area contributed by atoms with Crippen molar-refractivity contribution >= 4 is 29.6 Å². The first kappa shape index (κ1) is 17.6. The Balaban J connectivity index is 2.08. The summed E-state index contributed by atoms with van der Waals surface area (Å²) in [5.41, 5.74) is 0.263. The van der Waals surface area contributed by atoms with Gasteiger partial charge < -0.3 is 14.5 Å². The van der Waals surface area contributed by atoms with Crippen LogP contribution in [0.4, 0.5) is 10.6 Å². The van der Waals surface area contributed by atoms with Crippen molar-refractivity contribution in [3.8, 4) is 0 Å². The molecule has 0 spiro atoms. The number of halogens is 1. The molecule has 1 aromatic heterocycles. The number of carbonyl (C=O) groups is 1. The van der Waals surface area contributed by atoms with Crippen LogP contribution in [0.15, 0.2) is 18.7 Å². The molecular weight excluding hydrogens is 314 g/mol. The second-order valence-electron chi connectivity index (χ2n) is 6.74. The Bertz CT molecular complexity index is 598. The summed E-state index contributed by atoms with van der Waals surface area (Å²) in [6.45, 7) is 13.3. The molecule has 0 saturated carbocycles. The molecular formula is C17H24ClN3O2. The van der Waals surface area contributed by atoms with Crippen molar-refractivity contribution in [2.24, 2.45) is 0 Å². The summed E-state index contributed by atoms with van der Waals surface area (Å²) >= 11 is 6.15. The maximum Gasteiger partial charge on any atom is 0.410 e.